The number of nitrogens with zero attached hydrogens (tertiary/aromatic N) is 3. The number of benzene rings is 11. The molecule has 2 N–H and O–H groups in total. The minimum atomic E-state index is -2.83. The Kier molecular flexibility index (Phi) is 25.9. The van der Waals surface area contributed by atoms with Gasteiger partial charge in [-0.15, -0.1) is 0 Å². The van der Waals surface area contributed by atoms with E-state index in [0.717, 1.165) is 80.2 Å². The third kappa shape index (κ3) is 17.0. The first-order chi connectivity index (χ1) is 53.6. The SMILES string of the molecule is COc1ccccc1-c1ccc(C(=O)N2C(c3ccccc3Cl)C[C@H](C)[C@H]2C(=O)O)cc1.COc1ccccc1-c1ccc(C(=O)N2C(c3ccccc3Cl)C[C@H](C)[C@H]2CO)cc1.COc1ccccc1-c1ccc(C(=O)N2C(c3ccccc3Cl)C[C@H](C)[C@H]2CO[Si](c2ccccc2)(c2ccccc2)C(C)(C)C)cc1. The van der Waals surface area contributed by atoms with E-state index in [0.29, 0.717) is 44.8 Å². The summed E-state index contributed by atoms with van der Waals surface area (Å²) in [6, 6.07) is 88.1. The second-order valence-electron chi connectivity index (χ2n) is 29.8. The third-order valence-electron chi connectivity index (χ3n) is 22.1. The van der Waals surface area contributed by atoms with Crippen molar-refractivity contribution in [1.29, 1.82) is 0 Å². The number of carboxylic acids is 1. The van der Waals surface area contributed by atoms with E-state index in [2.05, 4.69) is 106 Å². The fraction of sp³-hybridized carbons (Fsp3) is 0.255. The number of hydrogen-bond donors (Lipinski definition) is 2. The van der Waals surface area contributed by atoms with Crippen molar-refractivity contribution < 1.29 is 48.0 Å². The van der Waals surface area contributed by atoms with Crippen LogP contribution in [0.15, 0.2) is 279 Å². The van der Waals surface area contributed by atoms with Gasteiger partial charge in [-0.05, 0) is 159 Å². The molecule has 3 aliphatic heterocycles. The number of hydrogen-bond acceptors (Lipinski definition) is 9. The number of carboxylic acid groups (broad SMARTS) is 1. The average molecular weight is 1560 g/mol. The van der Waals surface area contributed by atoms with Crippen LogP contribution in [0.25, 0.3) is 33.4 Å². The second kappa shape index (κ2) is 35.8. The Hall–Kier alpha value is -10.3. The molecule has 0 saturated carbocycles. The summed E-state index contributed by atoms with van der Waals surface area (Å²) in [7, 11) is 2.11. The minimum absolute atomic E-state index is 0.0214. The molecular formula is C94H94Cl3N3O10Si. The van der Waals surface area contributed by atoms with Crippen LogP contribution in [-0.2, 0) is 9.22 Å². The number of likely N-dealkylation sites (tertiary alicyclic amines) is 3. The number of methoxy groups -OCH3 is 3. The molecule has 0 aromatic heterocycles. The predicted octanol–water partition coefficient (Wildman–Crippen LogP) is 20.5. The molecule has 0 radical (unpaired) electrons. The van der Waals surface area contributed by atoms with Crippen molar-refractivity contribution in [2.24, 2.45) is 17.8 Å². The summed E-state index contributed by atoms with van der Waals surface area (Å²) in [5.41, 5.74) is 10.1. The summed E-state index contributed by atoms with van der Waals surface area (Å²) in [5.74, 6) is 1.02. The van der Waals surface area contributed by atoms with E-state index >= 15 is 0 Å². The zero-order valence-corrected chi connectivity index (χ0v) is 67.2. The lowest BCUT2D eigenvalue weighted by Crippen LogP contribution is -2.67. The van der Waals surface area contributed by atoms with E-state index in [9.17, 15) is 29.4 Å². The van der Waals surface area contributed by atoms with E-state index in [4.69, 9.17) is 53.4 Å². The number of ether oxygens (including phenoxy) is 3. The summed E-state index contributed by atoms with van der Waals surface area (Å²) in [4.78, 5) is 59.3. The Balaban J connectivity index is 0.000000160. The molecule has 111 heavy (non-hydrogen) atoms. The molecule has 11 aromatic rings. The lowest BCUT2D eigenvalue weighted by Gasteiger charge is -2.44. The van der Waals surface area contributed by atoms with Crippen molar-refractivity contribution in [3.05, 3.63) is 328 Å². The summed E-state index contributed by atoms with van der Waals surface area (Å²) >= 11 is 19.7. The van der Waals surface area contributed by atoms with Gasteiger partial charge in [0.05, 0.1) is 64.8 Å². The molecule has 13 nitrogen and oxygen atoms in total. The van der Waals surface area contributed by atoms with Gasteiger partial charge in [-0.25, -0.2) is 4.79 Å². The van der Waals surface area contributed by atoms with Crippen molar-refractivity contribution in [2.75, 3.05) is 34.5 Å². The molecule has 3 fully saturated rings. The smallest absolute Gasteiger partial charge is 0.326 e. The summed E-state index contributed by atoms with van der Waals surface area (Å²) in [6.07, 6.45) is 2.09. The Morgan fingerprint density at radius 1 is 0.396 bits per heavy atom. The largest absolute Gasteiger partial charge is 0.496 e. The zero-order chi connectivity index (χ0) is 78.7. The Morgan fingerprint density at radius 2 is 0.694 bits per heavy atom. The van der Waals surface area contributed by atoms with Gasteiger partial charge in [0.25, 0.3) is 26.0 Å². The fourth-order valence-electron chi connectivity index (χ4n) is 16.6. The Bertz CT molecular complexity index is 4990. The summed E-state index contributed by atoms with van der Waals surface area (Å²) in [5, 5.41) is 24.1. The number of aliphatic hydroxyl groups is 1. The maximum atomic E-state index is 14.7. The maximum absolute atomic E-state index is 14.7. The number of halogens is 3. The van der Waals surface area contributed by atoms with Gasteiger partial charge in [0.1, 0.15) is 23.3 Å². The second-order valence-corrected chi connectivity index (χ2v) is 35.3. The quantitative estimate of drug-likeness (QED) is 0.0748. The number of amides is 3. The van der Waals surface area contributed by atoms with Gasteiger partial charge in [0, 0.05) is 48.4 Å². The topological polar surface area (TPSA) is 155 Å². The highest BCUT2D eigenvalue weighted by Crippen LogP contribution is 2.48. The monoisotopic (exact) mass is 1560 g/mol. The van der Waals surface area contributed by atoms with E-state index in [-0.39, 0.29) is 71.3 Å². The molecule has 0 spiro atoms. The van der Waals surface area contributed by atoms with Crippen LogP contribution in [0.2, 0.25) is 20.1 Å². The molecule has 3 aliphatic rings. The molecule has 3 unspecified atom stereocenters. The van der Waals surface area contributed by atoms with Crippen LogP contribution in [0.4, 0.5) is 0 Å². The highest BCUT2D eigenvalue weighted by atomic mass is 35.5. The summed E-state index contributed by atoms with van der Waals surface area (Å²) in [6.45, 7) is 13.4. The van der Waals surface area contributed by atoms with Crippen LogP contribution in [0.1, 0.15) is 127 Å². The molecule has 17 heteroatoms. The van der Waals surface area contributed by atoms with Gasteiger partial charge >= 0.3 is 5.97 Å². The molecule has 0 bridgehead atoms. The fourth-order valence-corrected chi connectivity index (χ4v) is 21.9. The Morgan fingerprint density at radius 3 is 1.03 bits per heavy atom. The van der Waals surface area contributed by atoms with Gasteiger partial charge < -0.3 is 43.5 Å². The van der Waals surface area contributed by atoms with Crippen LogP contribution in [-0.4, -0.2) is 110 Å². The van der Waals surface area contributed by atoms with E-state index in [1.165, 1.54) is 15.3 Å². The first-order valence-electron chi connectivity index (χ1n) is 37.6. The molecule has 570 valence electrons. The van der Waals surface area contributed by atoms with Gasteiger partial charge in [0.2, 0.25) is 0 Å². The minimum Gasteiger partial charge on any atom is -0.496 e. The predicted molar refractivity (Wildman–Crippen MR) is 447 cm³/mol. The molecule has 9 atom stereocenters. The molecule has 3 heterocycles. The molecule has 0 aliphatic carbocycles. The molecule has 11 aromatic carbocycles. The van der Waals surface area contributed by atoms with Gasteiger partial charge in [0.15, 0.2) is 0 Å². The summed E-state index contributed by atoms with van der Waals surface area (Å²) < 4.78 is 23.9. The van der Waals surface area contributed by atoms with Crippen molar-refractivity contribution >= 4 is 77.2 Å². The lowest BCUT2D eigenvalue weighted by atomic mass is 9.98. The van der Waals surface area contributed by atoms with E-state index in [1.807, 2.05) is 206 Å². The van der Waals surface area contributed by atoms with Crippen LogP contribution in [0.5, 0.6) is 17.2 Å². The lowest BCUT2D eigenvalue weighted by molar-refractivity contribution is -0.142. The van der Waals surface area contributed by atoms with Crippen molar-refractivity contribution in [1.82, 2.24) is 14.7 Å². The Labute approximate surface area is 668 Å². The molecule has 3 amide bonds. The van der Waals surface area contributed by atoms with E-state index in [1.54, 1.807) is 39.5 Å². The van der Waals surface area contributed by atoms with Crippen LogP contribution in [0.3, 0.4) is 0 Å². The van der Waals surface area contributed by atoms with E-state index < -0.39 is 26.4 Å². The van der Waals surface area contributed by atoms with Crippen molar-refractivity contribution in [3.63, 3.8) is 0 Å². The highest BCUT2D eigenvalue weighted by molar-refractivity contribution is 6.99. The van der Waals surface area contributed by atoms with Gasteiger partial charge in [-0.2, -0.15) is 0 Å². The standard InChI is InChI=1S/C42H44ClNO3Si.C26H24ClNO4.C26H26ClNO3/c1-30-28-38(36-21-12-14-22-37(36)43)44(41(45)32-26-24-31(25-27-32)35-20-13-15-23-40(35)46-5)39(30)29-47-48(42(2,3)4,33-16-8-6-9-17-33)34-18-10-7-11-19-34;1-16-15-22(20-8-3-5-9-21(20)27)28(24(16)26(30)31)25(29)18-13-11-17(12-14-18)19-7-4-6-10-23(19)32-2;1-17-15-23(21-8-3-5-9-22(21)27)28(24(17)16-29)26(30)19-13-11-18(12-14-19)20-7-4-6-10-25(20)31-2/h6-27,30,38-39H,28-29H2,1-5H3;3-14,16,22,24H,15H2,1-2H3,(H,30,31);3-14,17,23-24,29H,15-16H2,1-2H3/t30-,38?,39+;16-,22?,24-;17-,23?,24+/m000/s1. The third-order valence-corrected chi connectivity index (χ3v) is 28.2. The number of aliphatic carboxylic acids is 1. The average Bonchev–Trinajstić information content (AvgIpc) is 1.46. The van der Waals surface area contributed by atoms with Crippen LogP contribution >= 0.6 is 34.8 Å². The number of para-hydroxylation sites is 3. The van der Waals surface area contributed by atoms with Crippen molar-refractivity contribution in [3.8, 4) is 50.6 Å². The van der Waals surface area contributed by atoms with Crippen molar-refractivity contribution in [2.45, 2.75) is 102 Å². The molecule has 3 saturated heterocycles. The normalized spacial score (nSPS) is 19.4. The molecular weight excluding hydrogens is 1470 g/mol. The number of carbonyl (C=O) groups excluding carboxylic acids is 3. The number of rotatable bonds is 19. The molecule has 14 rings (SSSR count). The van der Waals surface area contributed by atoms with Crippen LogP contribution < -0.4 is 24.6 Å². The number of aliphatic hydroxyl groups excluding tert-OH is 1. The van der Waals surface area contributed by atoms with Gasteiger partial charge in [-0.1, -0.05) is 283 Å². The number of carbonyl (C=O) groups is 4. The first kappa shape index (κ1) is 80.2. The van der Waals surface area contributed by atoms with Gasteiger partial charge in [-0.3, -0.25) is 14.4 Å². The van der Waals surface area contributed by atoms with Crippen LogP contribution in [0, 0.1) is 17.8 Å². The zero-order valence-electron chi connectivity index (χ0n) is 63.9. The first-order valence-corrected chi connectivity index (χ1v) is 40.7. The highest BCUT2D eigenvalue weighted by Gasteiger charge is 2.53. The maximum Gasteiger partial charge on any atom is 0.326 e.